The molecule has 0 unspecified atom stereocenters. The highest BCUT2D eigenvalue weighted by Crippen LogP contribution is 2.29. The Morgan fingerprint density at radius 2 is 1.93 bits per heavy atom. The fourth-order valence-electron chi connectivity index (χ4n) is 2.52. The van der Waals surface area contributed by atoms with Crippen LogP contribution in [0, 0.1) is 5.82 Å². The number of amides is 2. The number of hydrogen-bond acceptors (Lipinski definition) is 5. The molecule has 0 fully saturated rings. The average Bonchev–Trinajstić information content (AvgIpc) is 3.09. The van der Waals surface area contributed by atoms with Gasteiger partial charge in [-0.25, -0.2) is 9.37 Å². The van der Waals surface area contributed by atoms with Crippen molar-refractivity contribution in [3.05, 3.63) is 54.3 Å². The number of para-hydroxylation sites is 1. The van der Waals surface area contributed by atoms with Crippen molar-refractivity contribution in [2.24, 2.45) is 0 Å². The van der Waals surface area contributed by atoms with E-state index < -0.39 is 0 Å². The van der Waals surface area contributed by atoms with Crippen LogP contribution in [-0.4, -0.2) is 41.0 Å². The van der Waals surface area contributed by atoms with Gasteiger partial charge in [-0.2, -0.15) is 0 Å². The third-order valence-corrected chi connectivity index (χ3v) is 6.23. The first-order valence-corrected chi connectivity index (χ1v) is 10.6. The fourth-order valence-corrected chi connectivity index (χ4v) is 4.60. The zero-order valence-corrected chi connectivity index (χ0v) is 17.0. The Morgan fingerprint density at radius 1 is 1.18 bits per heavy atom. The molecule has 0 saturated carbocycles. The molecular formula is C20H20FN3O2S2. The van der Waals surface area contributed by atoms with Crippen molar-refractivity contribution in [3.63, 3.8) is 0 Å². The minimum Gasteiger partial charge on any atom is -0.336 e. The molecule has 3 rings (SSSR count). The number of likely N-dealkylation sites (N-methyl/N-ethyl adjacent to an activating group) is 1. The molecule has 0 saturated heterocycles. The number of rotatable bonds is 8. The Balaban J connectivity index is 1.37. The van der Waals surface area contributed by atoms with Gasteiger partial charge in [-0.1, -0.05) is 23.9 Å². The van der Waals surface area contributed by atoms with Crippen LogP contribution in [0.1, 0.15) is 12.8 Å². The summed E-state index contributed by atoms with van der Waals surface area (Å²) >= 11 is 3.30. The molecule has 28 heavy (non-hydrogen) atoms. The molecule has 0 spiro atoms. The van der Waals surface area contributed by atoms with Crippen LogP contribution >= 0.6 is 23.1 Å². The summed E-state index contributed by atoms with van der Waals surface area (Å²) in [6.07, 6.45) is 1.08. The van der Waals surface area contributed by atoms with Crippen molar-refractivity contribution in [2.45, 2.75) is 17.2 Å². The second-order valence-corrected chi connectivity index (χ2v) is 8.58. The van der Waals surface area contributed by atoms with E-state index in [2.05, 4.69) is 10.3 Å². The zero-order chi connectivity index (χ0) is 19.9. The summed E-state index contributed by atoms with van der Waals surface area (Å²) in [4.78, 5) is 30.2. The van der Waals surface area contributed by atoms with Crippen LogP contribution in [0.5, 0.6) is 0 Å². The van der Waals surface area contributed by atoms with Crippen LogP contribution in [0.25, 0.3) is 10.2 Å². The van der Waals surface area contributed by atoms with E-state index in [-0.39, 0.29) is 24.2 Å². The number of carbonyl (C=O) groups is 2. The van der Waals surface area contributed by atoms with Crippen LogP contribution in [-0.2, 0) is 9.59 Å². The number of hydrogen-bond donors (Lipinski definition) is 1. The smallest absolute Gasteiger partial charge is 0.243 e. The van der Waals surface area contributed by atoms with Crippen LogP contribution in [0.3, 0.4) is 0 Å². The minimum atomic E-state index is -0.367. The number of anilines is 1. The number of nitrogens with one attached hydrogen (secondary N) is 1. The summed E-state index contributed by atoms with van der Waals surface area (Å²) in [5.41, 5.74) is 1.50. The van der Waals surface area contributed by atoms with Gasteiger partial charge in [0, 0.05) is 24.9 Å². The van der Waals surface area contributed by atoms with Gasteiger partial charge < -0.3 is 10.2 Å². The topological polar surface area (TPSA) is 62.3 Å². The van der Waals surface area contributed by atoms with Crippen LogP contribution in [0.15, 0.2) is 52.9 Å². The average molecular weight is 418 g/mol. The number of halogens is 1. The molecule has 0 aliphatic rings. The second kappa shape index (κ2) is 9.66. The van der Waals surface area contributed by atoms with E-state index in [1.54, 1.807) is 30.1 Å². The largest absolute Gasteiger partial charge is 0.336 e. The molecule has 1 aromatic heterocycles. The van der Waals surface area contributed by atoms with Gasteiger partial charge in [0.25, 0.3) is 0 Å². The van der Waals surface area contributed by atoms with E-state index in [1.165, 1.54) is 29.2 Å². The lowest BCUT2D eigenvalue weighted by Gasteiger charge is -2.16. The first-order valence-electron chi connectivity index (χ1n) is 8.79. The van der Waals surface area contributed by atoms with Gasteiger partial charge in [-0.15, -0.1) is 11.3 Å². The molecule has 3 aromatic rings. The van der Waals surface area contributed by atoms with Crippen molar-refractivity contribution >= 4 is 50.8 Å². The van der Waals surface area contributed by atoms with Gasteiger partial charge in [-0.3, -0.25) is 9.59 Å². The van der Waals surface area contributed by atoms with Crippen molar-refractivity contribution in [3.8, 4) is 0 Å². The summed E-state index contributed by atoms with van der Waals surface area (Å²) in [6, 6.07) is 13.5. The molecule has 8 heteroatoms. The number of thioether (sulfide) groups is 1. The highest BCUT2D eigenvalue weighted by Gasteiger charge is 2.13. The van der Waals surface area contributed by atoms with Crippen LogP contribution in [0.2, 0.25) is 0 Å². The first-order chi connectivity index (χ1) is 13.5. The molecule has 0 atom stereocenters. The zero-order valence-electron chi connectivity index (χ0n) is 15.4. The molecule has 146 valence electrons. The summed E-state index contributed by atoms with van der Waals surface area (Å²) < 4.78 is 15.0. The van der Waals surface area contributed by atoms with Gasteiger partial charge in [0.1, 0.15) is 5.82 Å². The normalized spacial score (nSPS) is 10.8. The minimum absolute atomic E-state index is 0.0405. The van der Waals surface area contributed by atoms with Gasteiger partial charge in [0.05, 0.1) is 16.8 Å². The molecule has 0 aliphatic heterocycles. The van der Waals surface area contributed by atoms with E-state index in [1.807, 2.05) is 24.3 Å². The predicted octanol–water partition coefficient (Wildman–Crippen LogP) is 4.40. The van der Waals surface area contributed by atoms with E-state index in [0.717, 1.165) is 20.3 Å². The van der Waals surface area contributed by atoms with Gasteiger partial charge in [0.2, 0.25) is 11.8 Å². The van der Waals surface area contributed by atoms with E-state index >= 15 is 0 Å². The number of aromatic nitrogens is 1. The third-order valence-electron chi connectivity index (χ3n) is 3.97. The molecule has 1 N–H and O–H groups in total. The highest BCUT2D eigenvalue weighted by molar-refractivity contribution is 8.01. The molecule has 0 radical (unpaired) electrons. The first kappa shape index (κ1) is 20.3. The van der Waals surface area contributed by atoms with Gasteiger partial charge >= 0.3 is 0 Å². The number of benzene rings is 2. The lowest BCUT2D eigenvalue weighted by molar-refractivity contribution is -0.133. The Bertz CT molecular complexity index is 926. The highest BCUT2D eigenvalue weighted by atomic mass is 32.2. The SMILES string of the molecule is CN(CC(=O)Nc1ccc(F)cc1)C(=O)CCCSc1nc2ccccc2s1. The van der Waals surface area contributed by atoms with Gasteiger partial charge in [0.15, 0.2) is 4.34 Å². The third kappa shape index (κ3) is 5.77. The predicted molar refractivity (Wildman–Crippen MR) is 112 cm³/mol. The Labute approximate surface area is 171 Å². The van der Waals surface area contributed by atoms with Gasteiger partial charge in [-0.05, 0) is 42.8 Å². The Morgan fingerprint density at radius 3 is 2.68 bits per heavy atom. The maximum atomic E-state index is 12.9. The molecule has 1 heterocycles. The molecule has 2 amide bonds. The van der Waals surface area contributed by atoms with Crippen molar-refractivity contribution in [1.82, 2.24) is 9.88 Å². The molecule has 5 nitrogen and oxygen atoms in total. The second-order valence-electron chi connectivity index (χ2n) is 6.20. The maximum Gasteiger partial charge on any atom is 0.243 e. The van der Waals surface area contributed by atoms with E-state index in [4.69, 9.17) is 0 Å². The van der Waals surface area contributed by atoms with Crippen LogP contribution in [0.4, 0.5) is 10.1 Å². The van der Waals surface area contributed by atoms with Crippen LogP contribution < -0.4 is 5.32 Å². The monoisotopic (exact) mass is 417 g/mol. The summed E-state index contributed by atoms with van der Waals surface area (Å²) in [5.74, 6) is 0.0285. The number of carbonyl (C=O) groups excluding carboxylic acids is 2. The number of fused-ring (bicyclic) bond motifs is 1. The van der Waals surface area contributed by atoms with Crippen molar-refractivity contribution in [1.29, 1.82) is 0 Å². The summed E-state index contributed by atoms with van der Waals surface area (Å²) in [7, 11) is 1.60. The maximum absolute atomic E-state index is 12.9. The van der Waals surface area contributed by atoms with E-state index in [9.17, 15) is 14.0 Å². The molecule has 0 bridgehead atoms. The Kier molecular flexibility index (Phi) is 7.00. The number of nitrogens with zero attached hydrogens (tertiary/aromatic N) is 2. The standard InChI is InChI=1S/C20H20FN3O2S2/c1-24(13-18(25)22-15-10-8-14(21)9-11-15)19(26)7-4-12-27-20-23-16-5-2-3-6-17(16)28-20/h2-3,5-6,8-11H,4,7,12-13H2,1H3,(H,22,25). The fraction of sp³-hybridized carbons (Fsp3) is 0.250. The molecular weight excluding hydrogens is 397 g/mol. The molecule has 0 aliphatic carbocycles. The van der Waals surface area contributed by atoms with Crippen molar-refractivity contribution < 1.29 is 14.0 Å². The quantitative estimate of drug-likeness (QED) is 0.436. The Hall–Kier alpha value is -2.45. The lowest BCUT2D eigenvalue weighted by atomic mass is 10.3. The molecule has 2 aromatic carbocycles. The van der Waals surface area contributed by atoms with E-state index in [0.29, 0.717) is 18.5 Å². The lowest BCUT2D eigenvalue weighted by Crippen LogP contribution is -2.34. The number of thiazole rings is 1. The van der Waals surface area contributed by atoms with Crippen molar-refractivity contribution in [2.75, 3.05) is 24.7 Å². The summed E-state index contributed by atoms with van der Waals surface area (Å²) in [5, 5.41) is 2.65. The summed E-state index contributed by atoms with van der Waals surface area (Å²) in [6.45, 7) is -0.0405.